The number of ether oxygens (including phenoxy) is 2. The van der Waals surface area contributed by atoms with Gasteiger partial charge in [-0.2, -0.15) is 0 Å². The number of allylic oxidation sites excluding steroid dienone is 1. The summed E-state index contributed by atoms with van der Waals surface area (Å²) in [6.45, 7) is 13.0. The van der Waals surface area contributed by atoms with Gasteiger partial charge in [0.15, 0.2) is 5.76 Å². The molecular formula is C24H32O6. The molecule has 1 heterocycles. The zero-order valence-electron chi connectivity index (χ0n) is 18.9. The lowest BCUT2D eigenvalue weighted by atomic mass is 9.53. The van der Waals surface area contributed by atoms with E-state index < -0.39 is 29.5 Å². The molecule has 30 heavy (non-hydrogen) atoms. The number of carbonyl (C=O) groups excluding carboxylic acids is 3. The number of hydrogen-bond acceptors (Lipinski definition) is 6. The lowest BCUT2D eigenvalue weighted by molar-refractivity contribution is -0.182. The molecule has 0 unspecified atom stereocenters. The molecule has 6 heteroatoms. The van der Waals surface area contributed by atoms with Gasteiger partial charge in [-0.15, -0.1) is 0 Å². The van der Waals surface area contributed by atoms with Crippen molar-refractivity contribution >= 4 is 17.7 Å². The Hall–Kier alpha value is -2.37. The molecule has 1 fully saturated rings. The number of aryl methyl sites for hydroxylation is 1. The highest BCUT2D eigenvalue weighted by molar-refractivity contribution is 6.00. The van der Waals surface area contributed by atoms with E-state index in [-0.39, 0.29) is 29.3 Å². The highest BCUT2D eigenvalue weighted by atomic mass is 16.6. The van der Waals surface area contributed by atoms with Gasteiger partial charge < -0.3 is 13.9 Å². The number of esters is 2. The summed E-state index contributed by atoms with van der Waals surface area (Å²) in [5.41, 5.74) is 1.22. The number of hydrogen-bond donors (Lipinski definition) is 0. The molecule has 0 saturated heterocycles. The van der Waals surface area contributed by atoms with Crippen LogP contribution in [-0.2, 0) is 19.1 Å². The van der Waals surface area contributed by atoms with Gasteiger partial charge >= 0.3 is 11.9 Å². The van der Waals surface area contributed by atoms with Gasteiger partial charge in [-0.1, -0.05) is 33.8 Å². The predicted molar refractivity (Wildman–Crippen MR) is 111 cm³/mol. The van der Waals surface area contributed by atoms with Gasteiger partial charge in [0.25, 0.3) is 0 Å². The molecule has 0 bridgehead atoms. The summed E-state index contributed by atoms with van der Waals surface area (Å²) in [4.78, 5) is 38.7. The van der Waals surface area contributed by atoms with Gasteiger partial charge in [0.1, 0.15) is 12.2 Å². The van der Waals surface area contributed by atoms with Crippen molar-refractivity contribution in [1.82, 2.24) is 0 Å². The fourth-order valence-electron chi connectivity index (χ4n) is 4.81. The van der Waals surface area contributed by atoms with Crippen molar-refractivity contribution in [3.8, 4) is 0 Å². The maximum absolute atomic E-state index is 13.6. The number of Topliss-reactive ketones (excluding diaryl/α,β-unsaturated/α-hetero) is 1. The molecule has 0 amide bonds. The maximum Gasteiger partial charge on any atom is 0.333 e. The van der Waals surface area contributed by atoms with Crippen LogP contribution in [-0.4, -0.2) is 23.8 Å². The Morgan fingerprint density at radius 3 is 2.53 bits per heavy atom. The first kappa shape index (κ1) is 22.3. The second-order valence-corrected chi connectivity index (χ2v) is 9.23. The Bertz CT molecular complexity index is 892. The van der Waals surface area contributed by atoms with Crippen LogP contribution in [0.1, 0.15) is 82.2 Å². The minimum absolute atomic E-state index is 0.0802. The highest BCUT2D eigenvalue weighted by Crippen LogP contribution is 2.60. The molecule has 3 rings (SSSR count). The molecule has 0 radical (unpaired) electrons. The molecule has 2 aliphatic carbocycles. The minimum atomic E-state index is -0.712. The largest absolute Gasteiger partial charge is 0.460 e. The Kier molecular flexibility index (Phi) is 5.99. The van der Waals surface area contributed by atoms with Crippen LogP contribution in [0.5, 0.6) is 0 Å². The Morgan fingerprint density at radius 2 is 1.93 bits per heavy atom. The number of carbonyl (C=O) groups is 3. The molecule has 1 saturated carbocycles. The second-order valence-electron chi connectivity index (χ2n) is 9.23. The van der Waals surface area contributed by atoms with Gasteiger partial charge in [-0.05, 0) is 45.1 Å². The molecule has 1 aromatic heterocycles. The van der Waals surface area contributed by atoms with Crippen LogP contribution in [0.3, 0.4) is 0 Å². The summed E-state index contributed by atoms with van der Waals surface area (Å²) in [7, 11) is 0. The summed E-state index contributed by atoms with van der Waals surface area (Å²) in [6.07, 6.45) is 3.33. The van der Waals surface area contributed by atoms with Crippen LogP contribution < -0.4 is 0 Å². The molecule has 0 N–H and O–H groups in total. The number of furan rings is 1. The van der Waals surface area contributed by atoms with E-state index in [0.29, 0.717) is 17.6 Å². The third kappa shape index (κ3) is 3.40. The van der Waals surface area contributed by atoms with Gasteiger partial charge in [-0.25, -0.2) is 4.79 Å². The topological polar surface area (TPSA) is 82.8 Å². The quantitative estimate of drug-likeness (QED) is 0.510. The average molecular weight is 417 g/mol. The fourth-order valence-corrected chi connectivity index (χ4v) is 4.81. The third-order valence-corrected chi connectivity index (χ3v) is 7.06. The molecule has 164 valence electrons. The van der Waals surface area contributed by atoms with E-state index in [1.807, 2.05) is 13.8 Å². The van der Waals surface area contributed by atoms with Crippen molar-refractivity contribution < 1.29 is 28.3 Å². The lowest BCUT2D eigenvalue weighted by Gasteiger charge is -2.53. The molecular weight excluding hydrogens is 384 g/mol. The van der Waals surface area contributed by atoms with Gasteiger partial charge in [0, 0.05) is 16.6 Å². The van der Waals surface area contributed by atoms with Crippen LogP contribution >= 0.6 is 0 Å². The van der Waals surface area contributed by atoms with E-state index in [2.05, 4.69) is 6.92 Å². The van der Waals surface area contributed by atoms with Crippen molar-refractivity contribution in [1.29, 1.82) is 0 Å². The van der Waals surface area contributed by atoms with Crippen molar-refractivity contribution in [2.75, 3.05) is 0 Å². The van der Waals surface area contributed by atoms with Crippen LogP contribution in [0.15, 0.2) is 22.3 Å². The van der Waals surface area contributed by atoms with E-state index in [0.717, 1.165) is 12.0 Å². The molecule has 5 atom stereocenters. The zero-order valence-corrected chi connectivity index (χ0v) is 18.9. The van der Waals surface area contributed by atoms with Crippen LogP contribution in [0, 0.1) is 30.1 Å². The van der Waals surface area contributed by atoms with E-state index in [1.54, 1.807) is 33.8 Å². The minimum Gasteiger partial charge on any atom is -0.460 e. The van der Waals surface area contributed by atoms with Crippen molar-refractivity contribution in [2.24, 2.45) is 23.2 Å². The van der Waals surface area contributed by atoms with Crippen molar-refractivity contribution in [3.63, 3.8) is 0 Å². The Labute approximate surface area is 178 Å². The summed E-state index contributed by atoms with van der Waals surface area (Å²) < 4.78 is 17.5. The predicted octanol–water partition coefficient (Wildman–Crippen LogP) is 4.96. The van der Waals surface area contributed by atoms with E-state index in [9.17, 15) is 14.4 Å². The number of rotatable bonds is 4. The van der Waals surface area contributed by atoms with E-state index in [4.69, 9.17) is 13.9 Å². The Morgan fingerprint density at radius 1 is 1.27 bits per heavy atom. The molecule has 0 aliphatic heterocycles. The average Bonchev–Trinajstić information content (AvgIpc) is 3.08. The van der Waals surface area contributed by atoms with Gasteiger partial charge in [0.2, 0.25) is 5.78 Å². The third-order valence-electron chi connectivity index (χ3n) is 7.06. The standard InChI is InChI=1S/C24H32O6/c1-8-13(4)23(27)29-16-10-9-15(6)24(7)18(16)19(25)20-17(14(5)11-28-20)21(24)30-22(26)12(2)3/h8,11-12,15-16,18,21H,9-10H2,1-7H3/t15-,16-,18-,21+,24+/m0/s1. The smallest absolute Gasteiger partial charge is 0.333 e. The zero-order chi connectivity index (χ0) is 22.4. The van der Waals surface area contributed by atoms with E-state index in [1.165, 1.54) is 6.26 Å². The molecule has 2 aliphatic rings. The Balaban J connectivity index is 2.11. The van der Waals surface area contributed by atoms with Crippen LogP contribution in [0.25, 0.3) is 0 Å². The molecule has 1 aromatic rings. The lowest BCUT2D eigenvalue weighted by Crippen LogP contribution is -2.56. The maximum atomic E-state index is 13.6. The monoisotopic (exact) mass is 416 g/mol. The summed E-state index contributed by atoms with van der Waals surface area (Å²) in [5.74, 6) is -1.57. The summed E-state index contributed by atoms with van der Waals surface area (Å²) in [5, 5.41) is 0. The molecule has 6 nitrogen and oxygen atoms in total. The SMILES string of the molecule is CC=C(C)C(=O)O[C@H]1CC[C@H](C)[C@@]2(C)[C@H](OC(=O)C(C)C)c3c(C)coc3C(=O)[C@H]12. The second kappa shape index (κ2) is 8.05. The highest BCUT2D eigenvalue weighted by Gasteiger charge is 2.62. The first-order chi connectivity index (χ1) is 14.0. The number of fused-ring (bicyclic) bond motifs is 2. The normalized spacial score (nSPS) is 31.2. The summed E-state index contributed by atoms with van der Waals surface area (Å²) in [6, 6.07) is 0. The number of ketones is 1. The van der Waals surface area contributed by atoms with Crippen molar-refractivity contribution in [3.05, 3.63) is 34.8 Å². The van der Waals surface area contributed by atoms with Crippen LogP contribution in [0.2, 0.25) is 0 Å². The molecule has 0 aromatic carbocycles. The van der Waals surface area contributed by atoms with E-state index >= 15 is 0 Å². The van der Waals surface area contributed by atoms with Gasteiger partial charge in [-0.3, -0.25) is 9.59 Å². The van der Waals surface area contributed by atoms with Crippen LogP contribution in [0.4, 0.5) is 0 Å². The van der Waals surface area contributed by atoms with Crippen molar-refractivity contribution in [2.45, 2.75) is 73.5 Å². The fraction of sp³-hybridized carbons (Fsp3) is 0.625. The molecule has 0 spiro atoms. The first-order valence-electron chi connectivity index (χ1n) is 10.7. The summed E-state index contributed by atoms with van der Waals surface area (Å²) >= 11 is 0. The van der Waals surface area contributed by atoms with Gasteiger partial charge in [0.05, 0.1) is 18.1 Å². The first-order valence-corrected chi connectivity index (χ1v) is 10.7.